The molecule has 35 heavy (non-hydrogen) atoms. The molecule has 0 bridgehead atoms. The van der Waals surface area contributed by atoms with Crippen LogP contribution in [-0.4, -0.2) is 46.4 Å². The number of hydrogen-bond acceptors (Lipinski definition) is 3. The lowest BCUT2D eigenvalue weighted by Gasteiger charge is -2.45. The number of benzene rings is 2. The number of carbonyl (C=O) groups is 2. The molecule has 2 aromatic rings. The molecule has 4 rings (SSSR count). The molecule has 2 heterocycles. The summed E-state index contributed by atoms with van der Waals surface area (Å²) in [5.41, 5.74) is -0.708. The molecule has 0 aliphatic carbocycles. The van der Waals surface area contributed by atoms with E-state index in [0.29, 0.717) is 37.1 Å². The van der Waals surface area contributed by atoms with Crippen LogP contribution in [0.1, 0.15) is 54.6 Å². The summed E-state index contributed by atoms with van der Waals surface area (Å²) >= 11 is 0. The van der Waals surface area contributed by atoms with E-state index in [1.807, 2.05) is 13.8 Å². The quantitative estimate of drug-likeness (QED) is 0.610. The van der Waals surface area contributed by atoms with Gasteiger partial charge < -0.3 is 9.80 Å². The zero-order chi connectivity index (χ0) is 25.4. The highest BCUT2D eigenvalue weighted by Gasteiger charge is 2.52. The van der Waals surface area contributed by atoms with Gasteiger partial charge in [-0.3, -0.25) is 14.9 Å². The standard InChI is InChI=1S/C26H29F4N3O2/c1-3-17(2)22-24(35)33(16-18-5-4-6-20(15-18)26(28,29)30)25(31-22)11-13-32(14-12-25)23(34)19-7-9-21(27)10-8-19/h4-10,15,17,22,31H,3,11-14,16H2,1-2H3/t17-,22-/m1/s1. The maximum atomic E-state index is 13.5. The number of hydrogen-bond donors (Lipinski definition) is 1. The molecule has 0 unspecified atom stereocenters. The Morgan fingerprint density at radius 1 is 1.14 bits per heavy atom. The normalized spacial score (nSPS) is 21.0. The molecule has 2 fully saturated rings. The van der Waals surface area contributed by atoms with Crippen molar-refractivity contribution < 1.29 is 27.2 Å². The highest BCUT2D eigenvalue weighted by Crippen LogP contribution is 2.37. The Balaban J connectivity index is 1.56. The van der Waals surface area contributed by atoms with Crippen molar-refractivity contribution in [2.75, 3.05) is 13.1 Å². The molecule has 2 aromatic carbocycles. The van der Waals surface area contributed by atoms with E-state index in [9.17, 15) is 27.2 Å². The number of alkyl halides is 3. The van der Waals surface area contributed by atoms with Gasteiger partial charge in [0.2, 0.25) is 5.91 Å². The summed E-state index contributed by atoms with van der Waals surface area (Å²) in [6, 6.07) is 9.98. The van der Waals surface area contributed by atoms with Gasteiger partial charge >= 0.3 is 6.18 Å². The Morgan fingerprint density at radius 2 is 1.80 bits per heavy atom. The Morgan fingerprint density at radius 3 is 2.40 bits per heavy atom. The number of amides is 2. The summed E-state index contributed by atoms with van der Waals surface area (Å²) in [5.74, 6) is -0.721. The van der Waals surface area contributed by atoms with Gasteiger partial charge in [-0.15, -0.1) is 0 Å². The molecule has 1 N–H and O–H groups in total. The van der Waals surface area contributed by atoms with Crippen molar-refractivity contribution in [2.45, 2.75) is 57.5 Å². The topological polar surface area (TPSA) is 52.7 Å². The average molecular weight is 492 g/mol. The summed E-state index contributed by atoms with van der Waals surface area (Å²) in [6.45, 7) is 4.75. The van der Waals surface area contributed by atoms with Crippen molar-refractivity contribution in [3.8, 4) is 0 Å². The van der Waals surface area contributed by atoms with Gasteiger partial charge in [0.1, 0.15) is 5.82 Å². The lowest BCUT2D eigenvalue weighted by molar-refractivity contribution is -0.137. The molecule has 2 aliphatic heterocycles. The van der Waals surface area contributed by atoms with Crippen molar-refractivity contribution in [1.82, 2.24) is 15.1 Å². The van der Waals surface area contributed by atoms with Crippen LogP contribution in [0.2, 0.25) is 0 Å². The Kier molecular flexibility index (Phi) is 6.90. The molecular weight excluding hydrogens is 462 g/mol. The number of carbonyl (C=O) groups excluding carboxylic acids is 2. The second kappa shape index (κ2) is 9.60. The van der Waals surface area contributed by atoms with Crippen LogP contribution in [0.5, 0.6) is 0 Å². The third kappa shape index (κ3) is 5.05. The molecule has 0 aromatic heterocycles. The molecule has 5 nitrogen and oxygen atoms in total. The van der Waals surface area contributed by atoms with Crippen LogP contribution in [0, 0.1) is 11.7 Å². The van der Waals surface area contributed by atoms with Crippen LogP contribution in [-0.2, 0) is 17.5 Å². The third-order valence-corrected chi connectivity index (χ3v) is 7.25. The van der Waals surface area contributed by atoms with Crippen molar-refractivity contribution in [3.05, 3.63) is 71.0 Å². The third-order valence-electron chi connectivity index (χ3n) is 7.25. The van der Waals surface area contributed by atoms with Gasteiger partial charge in [0.05, 0.1) is 17.3 Å². The molecule has 2 atom stereocenters. The van der Waals surface area contributed by atoms with Gasteiger partial charge in [0, 0.05) is 38.0 Å². The zero-order valence-corrected chi connectivity index (χ0v) is 19.7. The largest absolute Gasteiger partial charge is 0.416 e. The Labute approximate surface area is 202 Å². The first-order valence-corrected chi connectivity index (χ1v) is 11.8. The van der Waals surface area contributed by atoms with Crippen LogP contribution in [0.4, 0.5) is 17.6 Å². The molecule has 2 saturated heterocycles. The van der Waals surface area contributed by atoms with Gasteiger partial charge in [-0.25, -0.2) is 4.39 Å². The molecule has 188 valence electrons. The van der Waals surface area contributed by atoms with Gasteiger partial charge in [-0.1, -0.05) is 32.4 Å². The van der Waals surface area contributed by atoms with E-state index in [1.165, 1.54) is 30.3 Å². The minimum Gasteiger partial charge on any atom is -0.338 e. The monoisotopic (exact) mass is 491 g/mol. The minimum atomic E-state index is -4.47. The number of halogens is 4. The number of rotatable bonds is 5. The van der Waals surface area contributed by atoms with Gasteiger partial charge in [-0.05, 0) is 47.9 Å². The summed E-state index contributed by atoms with van der Waals surface area (Å²) in [4.78, 5) is 29.7. The lowest BCUT2D eigenvalue weighted by atomic mass is 9.94. The van der Waals surface area contributed by atoms with Crippen LogP contribution in [0.25, 0.3) is 0 Å². The molecule has 0 radical (unpaired) electrons. The SMILES string of the molecule is CC[C@@H](C)[C@H]1NC2(CCN(C(=O)c3ccc(F)cc3)CC2)N(Cc2cccc(C(F)(F)F)c2)C1=O. The fraction of sp³-hybridized carbons (Fsp3) is 0.462. The predicted octanol–water partition coefficient (Wildman–Crippen LogP) is 4.82. The summed E-state index contributed by atoms with van der Waals surface area (Å²) in [6.07, 6.45) is -2.81. The Hall–Kier alpha value is -2.94. The van der Waals surface area contributed by atoms with Crippen LogP contribution in [0.15, 0.2) is 48.5 Å². The number of piperidine rings is 1. The minimum absolute atomic E-state index is 0.0461. The second-order valence-electron chi connectivity index (χ2n) is 9.46. The van der Waals surface area contributed by atoms with Crippen molar-refractivity contribution in [1.29, 1.82) is 0 Å². The predicted molar refractivity (Wildman–Crippen MR) is 123 cm³/mol. The van der Waals surface area contributed by atoms with E-state index in [0.717, 1.165) is 18.6 Å². The fourth-order valence-electron chi connectivity index (χ4n) is 4.96. The van der Waals surface area contributed by atoms with E-state index < -0.39 is 29.3 Å². The van der Waals surface area contributed by atoms with Crippen molar-refractivity contribution in [3.63, 3.8) is 0 Å². The molecule has 2 amide bonds. The summed E-state index contributed by atoms with van der Waals surface area (Å²) in [5, 5.41) is 3.50. The molecule has 9 heteroatoms. The second-order valence-corrected chi connectivity index (χ2v) is 9.46. The van der Waals surface area contributed by atoms with E-state index in [-0.39, 0.29) is 24.3 Å². The number of nitrogens with one attached hydrogen (secondary N) is 1. The molecule has 1 spiro atoms. The number of nitrogens with zero attached hydrogens (tertiary/aromatic N) is 2. The maximum Gasteiger partial charge on any atom is 0.416 e. The highest BCUT2D eigenvalue weighted by atomic mass is 19.4. The molecule has 2 aliphatic rings. The maximum absolute atomic E-state index is 13.5. The van der Waals surface area contributed by atoms with E-state index in [2.05, 4.69) is 5.32 Å². The van der Waals surface area contributed by atoms with Gasteiger partial charge in [-0.2, -0.15) is 13.2 Å². The first-order valence-electron chi connectivity index (χ1n) is 11.8. The van der Waals surface area contributed by atoms with E-state index >= 15 is 0 Å². The summed E-state index contributed by atoms with van der Waals surface area (Å²) in [7, 11) is 0. The van der Waals surface area contributed by atoms with Crippen molar-refractivity contribution >= 4 is 11.8 Å². The first kappa shape index (κ1) is 25.2. The zero-order valence-electron chi connectivity index (χ0n) is 19.7. The lowest BCUT2D eigenvalue weighted by Crippen LogP contribution is -2.59. The highest BCUT2D eigenvalue weighted by molar-refractivity contribution is 5.94. The van der Waals surface area contributed by atoms with E-state index in [1.54, 1.807) is 15.9 Å². The van der Waals surface area contributed by atoms with Gasteiger partial charge in [0.15, 0.2) is 0 Å². The van der Waals surface area contributed by atoms with Crippen LogP contribution < -0.4 is 5.32 Å². The van der Waals surface area contributed by atoms with Crippen molar-refractivity contribution in [2.24, 2.45) is 5.92 Å². The summed E-state index contributed by atoms with van der Waals surface area (Å²) < 4.78 is 53.0. The van der Waals surface area contributed by atoms with Crippen LogP contribution >= 0.6 is 0 Å². The molecule has 0 saturated carbocycles. The number of likely N-dealkylation sites (tertiary alicyclic amines) is 1. The Bertz CT molecular complexity index is 1080. The van der Waals surface area contributed by atoms with Gasteiger partial charge in [0.25, 0.3) is 5.91 Å². The molecular formula is C26H29F4N3O2. The average Bonchev–Trinajstić information content (AvgIpc) is 3.10. The smallest absolute Gasteiger partial charge is 0.338 e. The van der Waals surface area contributed by atoms with Crippen LogP contribution in [0.3, 0.4) is 0 Å². The van der Waals surface area contributed by atoms with E-state index in [4.69, 9.17) is 0 Å². The fourth-order valence-corrected chi connectivity index (χ4v) is 4.96. The first-order chi connectivity index (χ1) is 16.5.